The molecule has 2 rings (SSSR count). The van der Waals surface area contributed by atoms with Crippen LogP contribution in [-0.4, -0.2) is 26.7 Å². The lowest BCUT2D eigenvalue weighted by Gasteiger charge is -2.11. The van der Waals surface area contributed by atoms with Crippen molar-refractivity contribution < 1.29 is 19.0 Å². The van der Waals surface area contributed by atoms with Gasteiger partial charge in [-0.3, -0.25) is 4.79 Å². The van der Waals surface area contributed by atoms with Gasteiger partial charge in [0, 0.05) is 11.8 Å². The molecule has 0 fully saturated rings. The number of carbonyl (C=O) groups excluding carboxylic acids is 1. The van der Waals surface area contributed by atoms with Crippen LogP contribution < -0.4 is 19.5 Å². The maximum absolute atomic E-state index is 12.5. The van der Waals surface area contributed by atoms with E-state index in [-0.39, 0.29) is 5.91 Å². The minimum Gasteiger partial charge on any atom is -0.497 e. The van der Waals surface area contributed by atoms with Crippen LogP contribution in [0.1, 0.15) is 49.4 Å². The molecule has 1 N–H and O–H groups in total. The molecule has 0 heterocycles. The third-order valence-corrected chi connectivity index (χ3v) is 4.28. The van der Waals surface area contributed by atoms with Crippen molar-refractivity contribution in [2.45, 2.75) is 39.0 Å². The number of nitrogens with one attached hydrogen (secondary N) is 1. The molecule has 1 amide bonds. The molecule has 0 aliphatic heterocycles. The van der Waals surface area contributed by atoms with Gasteiger partial charge in [0.2, 0.25) is 0 Å². The zero-order valence-corrected chi connectivity index (χ0v) is 16.4. The van der Waals surface area contributed by atoms with Crippen molar-refractivity contribution in [2.24, 2.45) is 0 Å². The highest BCUT2D eigenvalue weighted by molar-refractivity contribution is 6.06. The van der Waals surface area contributed by atoms with Crippen LogP contribution in [0.15, 0.2) is 42.5 Å². The van der Waals surface area contributed by atoms with Crippen LogP contribution in [0, 0.1) is 0 Å². The van der Waals surface area contributed by atoms with Gasteiger partial charge in [-0.25, -0.2) is 0 Å². The minimum atomic E-state index is -0.237. The normalized spacial score (nSPS) is 10.3. The van der Waals surface area contributed by atoms with E-state index in [1.165, 1.54) is 32.8 Å². The third kappa shape index (κ3) is 6.51. The fraction of sp³-hybridized carbons (Fsp3) is 0.409. The maximum Gasteiger partial charge on any atom is 0.259 e. The molecule has 5 nitrogen and oxygen atoms in total. The number of ether oxygens (including phenoxy) is 3. The number of benzene rings is 2. The summed E-state index contributed by atoms with van der Waals surface area (Å²) in [6.07, 6.45) is 6.06. The van der Waals surface area contributed by atoms with Crippen molar-refractivity contribution in [2.75, 3.05) is 26.1 Å². The van der Waals surface area contributed by atoms with E-state index in [2.05, 4.69) is 12.2 Å². The highest BCUT2D eigenvalue weighted by Gasteiger charge is 2.13. The van der Waals surface area contributed by atoms with Gasteiger partial charge in [0.05, 0.1) is 26.4 Å². The second-order valence-electron chi connectivity index (χ2n) is 6.31. The van der Waals surface area contributed by atoms with Gasteiger partial charge >= 0.3 is 0 Å². The fourth-order valence-electron chi connectivity index (χ4n) is 2.71. The smallest absolute Gasteiger partial charge is 0.259 e. The Morgan fingerprint density at radius 1 is 0.889 bits per heavy atom. The minimum absolute atomic E-state index is 0.237. The van der Waals surface area contributed by atoms with Gasteiger partial charge < -0.3 is 19.5 Å². The summed E-state index contributed by atoms with van der Waals surface area (Å²) in [5.74, 6) is 1.68. The number of amides is 1. The molecule has 0 aliphatic rings. The van der Waals surface area contributed by atoms with Gasteiger partial charge in [0.1, 0.15) is 17.2 Å². The van der Waals surface area contributed by atoms with Gasteiger partial charge in [-0.1, -0.05) is 32.6 Å². The topological polar surface area (TPSA) is 56.8 Å². The zero-order chi connectivity index (χ0) is 19.5. The molecule has 0 saturated heterocycles. The first-order chi connectivity index (χ1) is 13.2. The average Bonchev–Trinajstić information content (AvgIpc) is 2.71. The zero-order valence-electron chi connectivity index (χ0n) is 16.4. The molecular weight excluding hydrogens is 342 g/mol. The Kier molecular flexibility index (Phi) is 8.49. The van der Waals surface area contributed by atoms with E-state index in [1.54, 1.807) is 25.3 Å². The predicted octanol–water partition coefficient (Wildman–Crippen LogP) is 5.31. The number of unbranched alkanes of at least 4 members (excludes halogenated alkanes) is 4. The number of methoxy groups -OCH3 is 2. The summed E-state index contributed by atoms with van der Waals surface area (Å²) in [5.41, 5.74) is 1.15. The van der Waals surface area contributed by atoms with Crippen LogP contribution in [0.2, 0.25) is 0 Å². The van der Waals surface area contributed by atoms with Crippen molar-refractivity contribution in [3.05, 3.63) is 48.0 Å². The SMILES string of the molecule is CCCCCCCOc1ccc(NC(=O)c2ccc(OC)cc2OC)cc1. The summed E-state index contributed by atoms with van der Waals surface area (Å²) in [7, 11) is 3.10. The third-order valence-electron chi connectivity index (χ3n) is 4.28. The molecule has 0 saturated carbocycles. The summed E-state index contributed by atoms with van der Waals surface area (Å²) in [5, 5.41) is 2.87. The second kappa shape index (κ2) is 11.1. The van der Waals surface area contributed by atoms with Crippen molar-refractivity contribution >= 4 is 11.6 Å². The van der Waals surface area contributed by atoms with Crippen molar-refractivity contribution in [3.8, 4) is 17.2 Å². The monoisotopic (exact) mass is 371 g/mol. The Morgan fingerprint density at radius 2 is 1.59 bits per heavy atom. The molecule has 0 atom stereocenters. The van der Waals surface area contributed by atoms with Crippen LogP contribution >= 0.6 is 0 Å². The van der Waals surface area contributed by atoms with E-state index < -0.39 is 0 Å². The molecule has 0 unspecified atom stereocenters. The summed E-state index contributed by atoms with van der Waals surface area (Å²) in [4.78, 5) is 12.5. The van der Waals surface area contributed by atoms with Crippen LogP contribution in [-0.2, 0) is 0 Å². The highest BCUT2D eigenvalue weighted by Crippen LogP contribution is 2.26. The summed E-state index contributed by atoms with van der Waals surface area (Å²) in [6, 6.07) is 12.5. The first-order valence-electron chi connectivity index (χ1n) is 9.44. The molecule has 0 aliphatic carbocycles. The average molecular weight is 371 g/mol. The largest absolute Gasteiger partial charge is 0.497 e. The van der Waals surface area contributed by atoms with E-state index in [4.69, 9.17) is 14.2 Å². The lowest BCUT2D eigenvalue weighted by atomic mass is 10.1. The lowest BCUT2D eigenvalue weighted by molar-refractivity contribution is 0.102. The Bertz CT molecular complexity index is 713. The quantitative estimate of drug-likeness (QED) is 0.544. The first kappa shape index (κ1) is 20.6. The van der Waals surface area contributed by atoms with Gasteiger partial charge in [0.25, 0.3) is 5.91 Å². The molecule has 0 radical (unpaired) electrons. The molecule has 27 heavy (non-hydrogen) atoms. The molecular formula is C22H29NO4. The molecule has 5 heteroatoms. The number of carbonyl (C=O) groups is 1. The molecule has 2 aromatic carbocycles. The van der Waals surface area contributed by atoms with E-state index in [0.717, 1.165) is 18.8 Å². The van der Waals surface area contributed by atoms with Gasteiger partial charge in [0.15, 0.2) is 0 Å². The van der Waals surface area contributed by atoms with E-state index in [9.17, 15) is 4.79 Å². The molecule has 0 bridgehead atoms. The highest BCUT2D eigenvalue weighted by atomic mass is 16.5. The summed E-state index contributed by atoms with van der Waals surface area (Å²) >= 11 is 0. The molecule has 0 aromatic heterocycles. The summed E-state index contributed by atoms with van der Waals surface area (Å²) in [6.45, 7) is 2.93. The Morgan fingerprint density at radius 3 is 2.26 bits per heavy atom. The fourth-order valence-corrected chi connectivity index (χ4v) is 2.71. The number of rotatable bonds is 11. The Hall–Kier alpha value is -2.69. The van der Waals surface area contributed by atoms with Crippen LogP contribution in [0.3, 0.4) is 0 Å². The maximum atomic E-state index is 12.5. The molecule has 146 valence electrons. The number of hydrogen-bond donors (Lipinski definition) is 1. The predicted molar refractivity (Wildman–Crippen MR) is 108 cm³/mol. The standard InChI is InChI=1S/C22H29NO4/c1-4-5-6-7-8-15-27-18-11-9-17(10-12-18)23-22(24)20-14-13-19(25-2)16-21(20)26-3/h9-14,16H,4-8,15H2,1-3H3,(H,23,24). The Balaban J connectivity index is 1.88. The second-order valence-corrected chi connectivity index (χ2v) is 6.31. The van der Waals surface area contributed by atoms with Gasteiger partial charge in [-0.15, -0.1) is 0 Å². The molecule has 2 aromatic rings. The van der Waals surface area contributed by atoms with Crippen molar-refractivity contribution in [1.82, 2.24) is 0 Å². The molecule has 0 spiro atoms. The Labute approximate surface area is 161 Å². The summed E-state index contributed by atoms with van der Waals surface area (Å²) < 4.78 is 16.2. The van der Waals surface area contributed by atoms with E-state index in [1.807, 2.05) is 24.3 Å². The van der Waals surface area contributed by atoms with E-state index >= 15 is 0 Å². The van der Waals surface area contributed by atoms with Crippen LogP contribution in [0.4, 0.5) is 5.69 Å². The lowest BCUT2D eigenvalue weighted by Crippen LogP contribution is -2.13. The van der Waals surface area contributed by atoms with E-state index in [0.29, 0.717) is 22.7 Å². The van der Waals surface area contributed by atoms with Gasteiger partial charge in [-0.2, -0.15) is 0 Å². The number of hydrogen-bond acceptors (Lipinski definition) is 4. The van der Waals surface area contributed by atoms with Crippen molar-refractivity contribution in [1.29, 1.82) is 0 Å². The van der Waals surface area contributed by atoms with Crippen LogP contribution in [0.25, 0.3) is 0 Å². The van der Waals surface area contributed by atoms with Gasteiger partial charge in [-0.05, 0) is 42.8 Å². The van der Waals surface area contributed by atoms with Crippen molar-refractivity contribution in [3.63, 3.8) is 0 Å². The first-order valence-corrected chi connectivity index (χ1v) is 9.44. The number of anilines is 1. The van der Waals surface area contributed by atoms with Crippen LogP contribution in [0.5, 0.6) is 17.2 Å².